The van der Waals surface area contributed by atoms with Gasteiger partial charge in [-0.1, -0.05) is 0 Å². The van der Waals surface area contributed by atoms with Crippen molar-refractivity contribution in [2.24, 2.45) is 0 Å². The molecule has 1 saturated heterocycles. The zero-order valence-electron chi connectivity index (χ0n) is 13.0. The highest BCUT2D eigenvalue weighted by Crippen LogP contribution is 2.28. The van der Waals surface area contributed by atoms with Crippen LogP contribution in [-0.2, 0) is 4.74 Å². The van der Waals surface area contributed by atoms with Crippen LogP contribution < -0.4 is 5.32 Å². The summed E-state index contributed by atoms with van der Waals surface area (Å²) in [6.07, 6.45) is -12.6. The van der Waals surface area contributed by atoms with E-state index in [-0.39, 0.29) is 13.1 Å². The van der Waals surface area contributed by atoms with E-state index in [1.807, 2.05) is 0 Å². The van der Waals surface area contributed by atoms with E-state index in [0.717, 1.165) is 4.90 Å². The Kier molecular flexibility index (Phi) is 5.82. The molecule has 1 aliphatic heterocycles. The van der Waals surface area contributed by atoms with E-state index in [1.54, 1.807) is 20.8 Å². The van der Waals surface area contributed by atoms with Crippen LogP contribution in [0.1, 0.15) is 33.6 Å². The van der Waals surface area contributed by atoms with E-state index in [2.05, 4.69) is 5.32 Å². The third-order valence-corrected chi connectivity index (χ3v) is 2.96. The molecule has 1 heterocycles. The van der Waals surface area contributed by atoms with Crippen LogP contribution in [0.4, 0.5) is 31.1 Å². The summed E-state index contributed by atoms with van der Waals surface area (Å²) < 4.78 is 80.1. The maximum Gasteiger partial charge on any atom is 0.410 e. The first-order chi connectivity index (χ1) is 10.1. The van der Waals surface area contributed by atoms with Crippen LogP contribution in [0.3, 0.4) is 0 Å². The Hall–Kier alpha value is -1.19. The largest absolute Gasteiger partial charge is 0.444 e. The summed E-state index contributed by atoms with van der Waals surface area (Å²) in [4.78, 5) is 12.8. The van der Waals surface area contributed by atoms with Gasteiger partial charge in [0.15, 0.2) is 0 Å². The molecule has 4 nitrogen and oxygen atoms in total. The van der Waals surface area contributed by atoms with Crippen molar-refractivity contribution in [1.29, 1.82) is 0 Å². The summed E-state index contributed by atoms with van der Waals surface area (Å²) >= 11 is 0. The molecule has 1 N–H and O–H groups in total. The van der Waals surface area contributed by atoms with Crippen molar-refractivity contribution in [3.05, 3.63) is 0 Å². The molecule has 136 valence electrons. The average Bonchev–Trinajstić information content (AvgIpc) is 2.20. The van der Waals surface area contributed by atoms with Crippen molar-refractivity contribution in [1.82, 2.24) is 10.2 Å². The van der Waals surface area contributed by atoms with Crippen molar-refractivity contribution < 1.29 is 35.9 Å². The molecular weight excluding hydrogens is 330 g/mol. The molecule has 10 heteroatoms. The second-order valence-electron chi connectivity index (χ2n) is 6.58. The number of halogens is 6. The number of rotatable bonds is 2. The van der Waals surface area contributed by atoms with Crippen molar-refractivity contribution in [3.8, 4) is 0 Å². The summed E-state index contributed by atoms with van der Waals surface area (Å²) in [7, 11) is 0. The van der Waals surface area contributed by atoms with E-state index in [0.29, 0.717) is 0 Å². The zero-order valence-corrected chi connectivity index (χ0v) is 13.0. The molecule has 1 amide bonds. The Morgan fingerprint density at radius 2 is 1.39 bits per heavy atom. The van der Waals surface area contributed by atoms with Crippen LogP contribution in [0.25, 0.3) is 0 Å². The summed E-state index contributed by atoms with van der Waals surface area (Å²) in [5.74, 6) is 0. The second kappa shape index (κ2) is 6.74. The molecule has 0 aromatic carbocycles. The highest BCUT2D eigenvalue weighted by atomic mass is 19.4. The van der Waals surface area contributed by atoms with Gasteiger partial charge in [-0.2, -0.15) is 26.3 Å². The minimum Gasteiger partial charge on any atom is -0.444 e. The molecule has 0 spiro atoms. The number of nitrogens with one attached hydrogen (secondary N) is 1. The number of hydrogen-bond acceptors (Lipinski definition) is 3. The predicted octanol–water partition coefficient (Wildman–Crippen LogP) is 3.47. The molecular formula is C13H20F6N2O2. The van der Waals surface area contributed by atoms with E-state index < -0.39 is 49.0 Å². The summed E-state index contributed by atoms with van der Waals surface area (Å²) in [5, 5.41) is 2.32. The lowest BCUT2D eigenvalue weighted by Crippen LogP contribution is -2.60. The van der Waals surface area contributed by atoms with Gasteiger partial charge in [0.25, 0.3) is 0 Å². The highest BCUT2D eigenvalue weighted by molar-refractivity contribution is 5.68. The van der Waals surface area contributed by atoms with Gasteiger partial charge in [0.2, 0.25) is 0 Å². The van der Waals surface area contributed by atoms with Crippen molar-refractivity contribution in [2.75, 3.05) is 13.1 Å². The molecule has 0 aromatic heterocycles. The lowest BCUT2D eigenvalue weighted by Gasteiger charge is -2.39. The van der Waals surface area contributed by atoms with Crippen LogP contribution in [0.5, 0.6) is 0 Å². The number of ether oxygens (including phenoxy) is 1. The summed E-state index contributed by atoms with van der Waals surface area (Å²) in [5.41, 5.74) is -0.888. The van der Waals surface area contributed by atoms with Crippen molar-refractivity contribution in [2.45, 2.75) is 63.7 Å². The fourth-order valence-electron chi connectivity index (χ4n) is 2.33. The number of nitrogens with zero attached hydrogens (tertiary/aromatic N) is 1. The number of piperazine rings is 1. The number of carbonyl (C=O) groups is 1. The lowest BCUT2D eigenvalue weighted by molar-refractivity contribution is -0.152. The van der Waals surface area contributed by atoms with Gasteiger partial charge in [-0.15, -0.1) is 0 Å². The van der Waals surface area contributed by atoms with E-state index in [1.165, 1.54) is 0 Å². The SMILES string of the molecule is CC(C)(C)OC(=O)N1CC(CC(F)(F)F)NC(CC(F)(F)F)C1. The Bertz CT molecular complexity index is 392. The first kappa shape index (κ1) is 19.9. The fraction of sp³-hybridized carbons (Fsp3) is 0.923. The first-order valence-corrected chi connectivity index (χ1v) is 7.02. The van der Waals surface area contributed by atoms with E-state index in [9.17, 15) is 31.1 Å². The van der Waals surface area contributed by atoms with E-state index in [4.69, 9.17) is 4.74 Å². The molecule has 0 aromatic rings. The Morgan fingerprint density at radius 3 is 1.70 bits per heavy atom. The number of carbonyl (C=O) groups excluding carboxylic acids is 1. The molecule has 2 atom stereocenters. The van der Waals surface area contributed by atoms with Crippen molar-refractivity contribution in [3.63, 3.8) is 0 Å². The third kappa shape index (κ3) is 8.29. The van der Waals surface area contributed by atoms with Crippen molar-refractivity contribution >= 4 is 6.09 Å². The second-order valence-corrected chi connectivity index (χ2v) is 6.58. The predicted molar refractivity (Wildman–Crippen MR) is 69.9 cm³/mol. The van der Waals surface area contributed by atoms with E-state index >= 15 is 0 Å². The lowest BCUT2D eigenvalue weighted by atomic mass is 10.0. The van der Waals surface area contributed by atoms with Gasteiger partial charge >= 0.3 is 18.4 Å². The zero-order chi connectivity index (χ0) is 18.1. The van der Waals surface area contributed by atoms with Gasteiger partial charge in [-0.25, -0.2) is 4.79 Å². The third-order valence-electron chi connectivity index (χ3n) is 2.96. The first-order valence-electron chi connectivity index (χ1n) is 7.02. The topological polar surface area (TPSA) is 41.6 Å². The Morgan fingerprint density at radius 1 is 1.00 bits per heavy atom. The number of amides is 1. The normalized spacial score (nSPS) is 23.8. The van der Waals surface area contributed by atoms with Crippen LogP contribution in [0, 0.1) is 0 Å². The molecule has 0 saturated carbocycles. The molecule has 23 heavy (non-hydrogen) atoms. The summed E-state index contributed by atoms with van der Waals surface area (Å²) in [6.45, 7) is 3.97. The van der Waals surface area contributed by atoms with Crippen LogP contribution >= 0.6 is 0 Å². The quantitative estimate of drug-likeness (QED) is 0.776. The smallest absolute Gasteiger partial charge is 0.410 e. The molecule has 1 rings (SSSR count). The fourth-order valence-corrected chi connectivity index (χ4v) is 2.33. The van der Waals surface area contributed by atoms with Gasteiger partial charge in [0.05, 0.1) is 12.8 Å². The average molecular weight is 350 g/mol. The summed E-state index contributed by atoms with van der Waals surface area (Å²) in [6, 6.07) is -2.60. The molecule has 0 bridgehead atoms. The maximum atomic E-state index is 12.5. The molecule has 1 fully saturated rings. The monoisotopic (exact) mass is 350 g/mol. The van der Waals surface area contributed by atoms with Gasteiger partial charge in [-0.3, -0.25) is 0 Å². The molecule has 1 aliphatic rings. The number of hydrogen-bond donors (Lipinski definition) is 1. The Labute approximate surface area is 130 Å². The van der Waals surface area contributed by atoms with Gasteiger partial charge < -0.3 is 15.0 Å². The van der Waals surface area contributed by atoms with Gasteiger partial charge in [0.1, 0.15) is 5.60 Å². The van der Waals surface area contributed by atoms with Gasteiger partial charge in [0, 0.05) is 25.2 Å². The molecule has 0 aliphatic carbocycles. The highest BCUT2D eigenvalue weighted by Gasteiger charge is 2.41. The molecule has 2 unspecified atom stereocenters. The van der Waals surface area contributed by atoms with Crippen LogP contribution in [-0.4, -0.2) is 54.1 Å². The van der Waals surface area contributed by atoms with Gasteiger partial charge in [-0.05, 0) is 20.8 Å². The Balaban J connectivity index is 2.82. The minimum atomic E-state index is -4.54. The molecule has 0 radical (unpaired) electrons. The van der Waals surface area contributed by atoms with Crippen LogP contribution in [0.2, 0.25) is 0 Å². The minimum absolute atomic E-state index is 0.358. The number of alkyl halides is 6. The van der Waals surface area contributed by atoms with Crippen LogP contribution in [0.15, 0.2) is 0 Å². The standard InChI is InChI=1S/C13H20F6N2O2/c1-11(2,3)23-10(22)21-6-8(4-12(14,15)16)20-9(7-21)5-13(17,18)19/h8-9,20H,4-7H2,1-3H3. The maximum absolute atomic E-state index is 12.5.